The molecule has 0 fully saturated rings. The van der Waals surface area contributed by atoms with Gasteiger partial charge >= 0.3 is 7.12 Å². The molecule has 0 spiro atoms. The lowest BCUT2D eigenvalue weighted by atomic mass is 9.80. The third-order valence-electron chi connectivity index (χ3n) is 5.52. The maximum Gasteiger partial charge on any atom is 0.451 e. The molecule has 0 saturated carbocycles. The fourth-order valence-corrected chi connectivity index (χ4v) is 4.68. The normalized spacial score (nSPS) is 10.7. The molecule has 38 heavy (non-hydrogen) atoms. The first-order chi connectivity index (χ1) is 17.5. The van der Waals surface area contributed by atoms with Crippen molar-refractivity contribution in [2.75, 3.05) is 0 Å². The zero-order valence-electron chi connectivity index (χ0n) is 22.7. The summed E-state index contributed by atoms with van der Waals surface area (Å²) in [5, 5.41) is 22.5. The summed E-state index contributed by atoms with van der Waals surface area (Å²) < 4.78 is 0. The summed E-state index contributed by atoms with van der Waals surface area (Å²) in [6, 6.07) is 12.3. The smallest absolute Gasteiger partial charge is 0.427 e. The second-order valence-corrected chi connectivity index (χ2v) is 11.5. The predicted octanol–water partition coefficient (Wildman–Crippen LogP) is 8.92. The minimum absolute atomic E-state index is 0. The van der Waals surface area contributed by atoms with Gasteiger partial charge in [0.2, 0.25) is 0 Å². The molecule has 0 atom stereocenters. The molecule has 0 amide bonds. The molecule has 4 aromatic rings. The zero-order chi connectivity index (χ0) is 27.5. The van der Waals surface area contributed by atoms with Gasteiger partial charge < -0.3 is 10.0 Å². The molecular formula is C31H43BCl2N2O2. The Hall–Kier alpha value is -2.18. The van der Waals surface area contributed by atoms with E-state index < -0.39 is 7.12 Å². The van der Waals surface area contributed by atoms with Crippen molar-refractivity contribution in [3.8, 4) is 0 Å². The van der Waals surface area contributed by atoms with E-state index in [0.29, 0.717) is 34.1 Å². The van der Waals surface area contributed by atoms with Crippen LogP contribution in [0.5, 0.6) is 0 Å². The first-order valence-electron chi connectivity index (χ1n) is 12.9. The van der Waals surface area contributed by atoms with E-state index in [1.807, 2.05) is 38.4 Å². The molecule has 206 valence electrons. The summed E-state index contributed by atoms with van der Waals surface area (Å²) in [5.41, 5.74) is 2.92. The van der Waals surface area contributed by atoms with Crippen LogP contribution < -0.4 is 0 Å². The van der Waals surface area contributed by atoms with E-state index in [1.165, 1.54) is 21.9 Å². The highest BCUT2D eigenvalue weighted by Gasteiger charge is 2.08. The quantitative estimate of drug-likeness (QED) is 0.232. The van der Waals surface area contributed by atoms with E-state index in [0.717, 1.165) is 23.6 Å². The Balaban J connectivity index is 0.000000312. The van der Waals surface area contributed by atoms with Gasteiger partial charge in [0, 0.05) is 51.0 Å². The van der Waals surface area contributed by atoms with Crippen LogP contribution in [0, 0.1) is 17.8 Å². The SMILES string of the molecule is C.CC(C)CB(O)O.CC(C)Cc1cc(CC(C)C)c2ccncc2c1.Clc1cc(Cl)c2ccncc2c1. The third-order valence-corrected chi connectivity index (χ3v) is 6.05. The fraction of sp³-hybridized carbons (Fsp3) is 0.419. The van der Waals surface area contributed by atoms with Crippen molar-refractivity contribution in [3.05, 3.63) is 82.4 Å². The van der Waals surface area contributed by atoms with Crippen molar-refractivity contribution in [1.82, 2.24) is 9.97 Å². The largest absolute Gasteiger partial charge is 0.451 e. The summed E-state index contributed by atoms with van der Waals surface area (Å²) >= 11 is 11.8. The minimum Gasteiger partial charge on any atom is -0.427 e. The summed E-state index contributed by atoms with van der Waals surface area (Å²) in [6.07, 6.45) is 10.1. The lowest BCUT2D eigenvalue weighted by Crippen LogP contribution is -2.12. The first kappa shape index (κ1) is 33.9. The van der Waals surface area contributed by atoms with Crippen LogP contribution in [0.25, 0.3) is 21.5 Å². The van der Waals surface area contributed by atoms with Crippen LogP contribution in [-0.2, 0) is 12.8 Å². The second kappa shape index (κ2) is 16.7. The van der Waals surface area contributed by atoms with Crippen molar-refractivity contribution in [3.63, 3.8) is 0 Å². The molecule has 0 saturated heterocycles. The zero-order valence-corrected chi connectivity index (χ0v) is 24.3. The highest BCUT2D eigenvalue weighted by atomic mass is 35.5. The Bertz CT molecular complexity index is 1260. The molecule has 0 radical (unpaired) electrons. The lowest BCUT2D eigenvalue weighted by Gasteiger charge is -2.13. The minimum atomic E-state index is -1.13. The van der Waals surface area contributed by atoms with Gasteiger partial charge in [-0.1, -0.05) is 78.2 Å². The molecule has 0 unspecified atom stereocenters. The van der Waals surface area contributed by atoms with E-state index in [9.17, 15) is 0 Å². The number of hydrogen-bond acceptors (Lipinski definition) is 4. The Labute approximate surface area is 239 Å². The number of nitrogens with zero attached hydrogens (tertiary/aromatic N) is 2. The molecule has 4 rings (SSSR count). The molecule has 2 N–H and O–H groups in total. The summed E-state index contributed by atoms with van der Waals surface area (Å²) in [7, 11) is -1.13. The molecular weight excluding hydrogens is 514 g/mol. The molecule has 2 aromatic heterocycles. The second-order valence-electron chi connectivity index (χ2n) is 10.6. The van der Waals surface area contributed by atoms with Crippen molar-refractivity contribution in [2.45, 2.75) is 68.1 Å². The van der Waals surface area contributed by atoms with Crippen LogP contribution in [0.15, 0.2) is 61.2 Å². The number of fused-ring (bicyclic) bond motifs is 2. The topological polar surface area (TPSA) is 66.2 Å². The van der Waals surface area contributed by atoms with Crippen molar-refractivity contribution in [1.29, 1.82) is 0 Å². The van der Waals surface area contributed by atoms with Crippen molar-refractivity contribution in [2.24, 2.45) is 17.8 Å². The number of halogens is 2. The Kier molecular flexibility index (Phi) is 14.9. The standard InChI is InChI=1S/C17H23N.C9H5Cl2N.C4H11BO2.CH4/c1-12(2)7-14-9-15(8-13(3)4)17-5-6-18-11-16(17)10-14;10-7-3-6-5-12-2-1-8(6)9(11)4-7;1-4(2)3-5(6)7;/h5-6,9-13H,7-8H2,1-4H3;1-5H;4,6-7H,3H2,1-2H3;1H4. The van der Waals surface area contributed by atoms with Gasteiger partial charge in [-0.05, 0) is 83.8 Å². The summed E-state index contributed by atoms with van der Waals surface area (Å²) in [5.74, 6) is 1.77. The molecule has 7 heteroatoms. The van der Waals surface area contributed by atoms with Gasteiger partial charge in [0.05, 0.1) is 0 Å². The van der Waals surface area contributed by atoms with E-state index in [2.05, 4.69) is 55.9 Å². The number of aromatic nitrogens is 2. The van der Waals surface area contributed by atoms with Crippen LogP contribution in [-0.4, -0.2) is 27.1 Å². The fourth-order valence-electron chi connectivity index (χ4n) is 4.10. The van der Waals surface area contributed by atoms with Crippen molar-refractivity contribution < 1.29 is 10.0 Å². The number of hydrogen-bond donors (Lipinski definition) is 2. The van der Waals surface area contributed by atoms with E-state index in [4.69, 9.17) is 33.2 Å². The highest BCUT2D eigenvalue weighted by Crippen LogP contribution is 2.27. The summed E-state index contributed by atoms with van der Waals surface area (Å²) in [6.45, 7) is 13.0. The van der Waals surface area contributed by atoms with Gasteiger partial charge in [-0.2, -0.15) is 0 Å². The van der Waals surface area contributed by atoms with E-state index >= 15 is 0 Å². The molecule has 0 aliphatic carbocycles. The summed E-state index contributed by atoms with van der Waals surface area (Å²) in [4.78, 5) is 8.23. The monoisotopic (exact) mass is 556 g/mol. The Morgan fingerprint density at radius 3 is 1.79 bits per heavy atom. The number of benzene rings is 2. The lowest BCUT2D eigenvalue weighted by molar-refractivity contribution is 0.394. The molecule has 4 nitrogen and oxygen atoms in total. The maximum atomic E-state index is 8.28. The van der Waals surface area contributed by atoms with Crippen LogP contribution >= 0.6 is 23.2 Å². The van der Waals surface area contributed by atoms with Crippen LogP contribution in [0.3, 0.4) is 0 Å². The van der Waals surface area contributed by atoms with Gasteiger partial charge in [-0.25, -0.2) is 0 Å². The van der Waals surface area contributed by atoms with Gasteiger partial charge in [0.1, 0.15) is 0 Å². The van der Waals surface area contributed by atoms with Crippen LogP contribution in [0.4, 0.5) is 0 Å². The molecule has 2 heterocycles. The van der Waals surface area contributed by atoms with Crippen LogP contribution in [0.1, 0.15) is 60.1 Å². The molecule has 0 bridgehead atoms. The van der Waals surface area contributed by atoms with Crippen LogP contribution in [0.2, 0.25) is 16.4 Å². The first-order valence-corrected chi connectivity index (χ1v) is 13.6. The van der Waals surface area contributed by atoms with Gasteiger partial charge in [-0.15, -0.1) is 0 Å². The van der Waals surface area contributed by atoms with Gasteiger partial charge in [0.15, 0.2) is 0 Å². The number of pyridine rings is 2. The predicted molar refractivity (Wildman–Crippen MR) is 167 cm³/mol. The van der Waals surface area contributed by atoms with E-state index in [-0.39, 0.29) is 7.43 Å². The van der Waals surface area contributed by atoms with E-state index in [1.54, 1.807) is 18.5 Å². The number of rotatable bonds is 6. The third kappa shape index (κ3) is 11.7. The average molecular weight is 557 g/mol. The maximum absolute atomic E-state index is 8.28. The Morgan fingerprint density at radius 2 is 1.29 bits per heavy atom. The average Bonchev–Trinajstić information content (AvgIpc) is 2.78. The van der Waals surface area contributed by atoms with Gasteiger partial charge in [0.25, 0.3) is 0 Å². The Morgan fingerprint density at radius 1 is 0.737 bits per heavy atom. The van der Waals surface area contributed by atoms with Gasteiger partial charge in [-0.3, -0.25) is 9.97 Å². The molecule has 2 aromatic carbocycles. The van der Waals surface area contributed by atoms with Crippen molar-refractivity contribution >= 4 is 51.9 Å². The molecule has 0 aliphatic heterocycles. The highest BCUT2D eigenvalue weighted by molar-refractivity contribution is 6.41. The molecule has 0 aliphatic rings.